The molecule has 0 fully saturated rings. The van der Waals surface area contributed by atoms with Gasteiger partial charge in [-0.3, -0.25) is 4.98 Å². The highest BCUT2D eigenvalue weighted by Crippen LogP contribution is 2.20. The van der Waals surface area contributed by atoms with Gasteiger partial charge >= 0.3 is 0 Å². The number of aromatic nitrogens is 1. The number of aliphatic hydroxyl groups excluding tert-OH is 1. The summed E-state index contributed by atoms with van der Waals surface area (Å²) in [6.45, 7) is 1.90. The molecule has 1 aromatic heterocycles. The molecular weight excluding hydrogens is 140 g/mol. The Hall–Kier alpha value is -1.09. The van der Waals surface area contributed by atoms with Crippen molar-refractivity contribution in [2.45, 2.75) is 19.4 Å². The van der Waals surface area contributed by atoms with Crippen LogP contribution in [0.1, 0.15) is 25.0 Å². The highest BCUT2D eigenvalue weighted by molar-refractivity contribution is 5.45. The van der Waals surface area contributed by atoms with E-state index in [0.717, 1.165) is 5.56 Å². The highest BCUT2D eigenvalue weighted by atomic mass is 16.3. The van der Waals surface area contributed by atoms with Crippen LogP contribution in [0.3, 0.4) is 0 Å². The van der Waals surface area contributed by atoms with Crippen molar-refractivity contribution in [3.8, 4) is 0 Å². The summed E-state index contributed by atoms with van der Waals surface area (Å²) in [5, 5.41) is 9.39. The molecule has 0 aliphatic heterocycles. The second-order valence-corrected chi connectivity index (χ2v) is 2.43. The summed E-state index contributed by atoms with van der Waals surface area (Å²) in [6, 6.07) is 1.69. The minimum Gasteiger partial charge on any atom is -0.398 e. The molecule has 1 rings (SSSR count). The first kappa shape index (κ1) is 8.01. The maximum absolute atomic E-state index is 9.39. The summed E-state index contributed by atoms with van der Waals surface area (Å²) in [7, 11) is 0. The molecule has 1 aromatic rings. The van der Waals surface area contributed by atoms with E-state index in [9.17, 15) is 5.11 Å². The van der Waals surface area contributed by atoms with Gasteiger partial charge in [0.1, 0.15) is 0 Å². The monoisotopic (exact) mass is 152 g/mol. The Morgan fingerprint density at radius 3 is 3.00 bits per heavy atom. The predicted molar refractivity (Wildman–Crippen MR) is 43.9 cm³/mol. The zero-order chi connectivity index (χ0) is 8.27. The second kappa shape index (κ2) is 3.34. The standard InChI is InChI=1S/C8H12N2O/c1-2-8(11)6-5-10-4-3-7(6)9/h3-5,8,11H,2H2,1H3,(H2,9,10). The Morgan fingerprint density at radius 1 is 1.73 bits per heavy atom. The van der Waals surface area contributed by atoms with Gasteiger partial charge in [0, 0.05) is 23.6 Å². The third-order valence-electron chi connectivity index (χ3n) is 1.63. The SMILES string of the molecule is CCC(O)c1cnccc1N. The largest absolute Gasteiger partial charge is 0.398 e. The number of hydrogen-bond acceptors (Lipinski definition) is 3. The third kappa shape index (κ3) is 1.68. The van der Waals surface area contributed by atoms with Crippen LogP contribution < -0.4 is 5.73 Å². The van der Waals surface area contributed by atoms with Gasteiger partial charge in [-0.2, -0.15) is 0 Å². The maximum atomic E-state index is 9.39. The van der Waals surface area contributed by atoms with Crippen molar-refractivity contribution in [2.75, 3.05) is 5.73 Å². The summed E-state index contributed by atoms with van der Waals surface area (Å²) in [5.74, 6) is 0. The van der Waals surface area contributed by atoms with E-state index in [0.29, 0.717) is 12.1 Å². The Kier molecular flexibility index (Phi) is 2.44. The van der Waals surface area contributed by atoms with Gasteiger partial charge in [-0.05, 0) is 12.5 Å². The molecule has 11 heavy (non-hydrogen) atoms. The van der Waals surface area contributed by atoms with Gasteiger partial charge in [0.2, 0.25) is 0 Å². The van der Waals surface area contributed by atoms with Crippen molar-refractivity contribution in [1.82, 2.24) is 4.98 Å². The molecule has 0 radical (unpaired) electrons. The molecule has 0 bridgehead atoms. The summed E-state index contributed by atoms with van der Waals surface area (Å²) in [6.07, 6.45) is 3.39. The second-order valence-electron chi connectivity index (χ2n) is 2.43. The summed E-state index contributed by atoms with van der Waals surface area (Å²) >= 11 is 0. The van der Waals surface area contributed by atoms with Crippen molar-refractivity contribution in [2.24, 2.45) is 0 Å². The van der Waals surface area contributed by atoms with Crippen molar-refractivity contribution in [1.29, 1.82) is 0 Å². The molecule has 0 aliphatic rings. The van der Waals surface area contributed by atoms with Crippen molar-refractivity contribution in [3.05, 3.63) is 24.0 Å². The zero-order valence-corrected chi connectivity index (χ0v) is 6.49. The average Bonchev–Trinajstić information content (AvgIpc) is 2.04. The molecule has 3 N–H and O–H groups in total. The average molecular weight is 152 g/mol. The molecule has 0 aromatic carbocycles. The molecule has 0 amide bonds. The van der Waals surface area contributed by atoms with Crippen molar-refractivity contribution in [3.63, 3.8) is 0 Å². The zero-order valence-electron chi connectivity index (χ0n) is 6.49. The summed E-state index contributed by atoms with van der Waals surface area (Å²) in [4.78, 5) is 3.87. The lowest BCUT2D eigenvalue weighted by atomic mass is 10.1. The topological polar surface area (TPSA) is 59.1 Å². The molecule has 0 spiro atoms. The Bertz CT molecular complexity index is 237. The van der Waals surface area contributed by atoms with E-state index in [4.69, 9.17) is 5.73 Å². The van der Waals surface area contributed by atoms with Gasteiger partial charge in [-0.1, -0.05) is 6.92 Å². The fourth-order valence-corrected chi connectivity index (χ4v) is 0.916. The smallest absolute Gasteiger partial charge is 0.0822 e. The first-order valence-corrected chi connectivity index (χ1v) is 3.63. The molecule has 1 atom stereocenters. The van der Waals surface area contributed by atoms with Crippen LogP contribution in [0.2, 0.25) is 0 Å². The minimum absolute atomic E-state index is 0.483. The molecule has 60 valence electrons. The number of pyridine rings is 1. The van der Waals surface area contributed by atoms with Crippen molar-refractivity contribution < 1.29 is 5.11 Å². The molecule has 1 heterocycles. The van der Waals surface area contributed by atoms with E-state index in [-0.39, 0.29) is 0 Å². The molecule has 1 unspecified atom stereocenters. The first-order valence-electron chi connectivity index (χ1n) is 3.63. The lowest BCUT2D eigenvalue weighted by molar-refractivity contribution is 0.174. The molecule has 3 nitrogen and oxygen atoms in total. The van der Waals surface area contributed by atoms with E-state index in [1.54, 1.807) is 18.5 Å². The number of nitrogens with two attached hydrogens (primary N) is 1. The van der Waals surface area contributed by atoms with Gasteiger partial charge in [0.25, 0.3) is 0 Å². The van der Waals surface area contributed by atoms with E-state index < -0.39 is 6.10 Å². The summed E-state index contributed by atoms with van der Waals surface area (Å²) in [5.41, 5.74) is 6.92. The normalized spacial score (nSPS) is 12.9. The van der Waals surface area contributed by atoms with Crippen LogP contribution in [0.5, 0.6) is 0 Å². The molecule has 3 heteroatoms. The molecule has 0 aliphatic carbocycles. The molecule has 0 saturated heterocycles. The van der Waals surface area contributed by atoms with Crippen LogP contribution in [0.4, 0.5) is 5.69 Å². The van der Waals surface area contributed by atoms with Gasteiger partial charge in [0.05, 0.1) is 6.10 Å². The molecule has 0 saturated carbocycles. The van der Waals surface area contributed by atoms with Gasteiger partial charge in [-0.15, -0.1) is 0 Å². The van der Waals surface area contributed by atoms with Crippen LogP contribution in [-0.4, -0.2) is 10.1 Å². The lowest BCUT2D eigenvalue weighted by Gasteiger charge is -2.09. The third-order valence-corrected chi connectivity index (χ3v) is 1.63. The number of anilines is 1. The van der Waals surface area contributed by atoms with Gasteiger partial charge in [0.15, 0.2) is 0 Å². The fourth-order valence-electron chi connectivity index (χ4n) is 0.916. The minimum atomic E-state index is -0.483. The van der Waals surface area contributed by atoms with Gasteiger partial charge in [-0.25, -0.2) is 0 Å². The van der Waals surface area contributed by atoms with E-state index in [2.05, 4.69) is 4.98 Å². The van der Waals surface area contributed by atoms with E-state index >= 15 is 0 Å². The number of nitrogen functional groups attached to an aromatic ring is 1. The van der Waals surface area contributed by atoms with Crippen LogP contribution in [0, 0.1) is 0 Å². The lowest BCUT2D eigenvalue weighted by Crippen LogP contribution is -2.00. The van der Waals surface area contributed by atoms with E-state index in [1.807, 2.05) is 6.92 Å². The van der Waals surface area contributed by atoms with Crippen LogP contribution in [0.15, 0.2) is 18.5 Å². The van der Waals surface area contributed by atoms with Crippen LogP contribution in [0.25, 0.3) is 0 Å². The Balaban J connectivity index is 2.93. The predicted octanol–water partition coefficient (Wildman–Crippen LogP) is 1.11. The summed E-state index contributed by atoms with van der Waals surface area (Å²) < 4.78 is 0. The quantitative estimate of drug-likeness (QED) is 0.667. The van der Waals surface area contributed by atoms with E-state index in [1.165, 1.54) is 0 Å². The Morgan fingerprint density at radius 2 is 2.45 bits per heavy atom. The van der Waals surface area contributed by atoms with Crippen LogP contribution in [-0.2, 0) is 0 Å². The van der Waals surface area contributed by atoms with Gasteiger partial charge < -0.3 is 10.8 Å². The number of rotatable bonds is 2. The molecular formula is C8H12N2O. The highest BCUT2D eigenvalue weighted by Gasteiger charge is 2.07. The van der Waals surface area contributed by atoms with Crippen LogP contribution >= 0.6 is 0 Å². The van der Waals surface area contributed by atoms with Crippen molar-refractivity contribution >= 4 is 5.69 Å². The first-order chi connectivity index (χ1) is 5.25. The number of aliphatic hydroxyl groups is 1. The maximum Gasteiger partial charge on any atom is 0.0822 e. The Labute approximate surface area is 65.9 Å². The number of hydrogen-bond donors (Lipinski definition) is 2. The fraction of sp³-hybridized carbons (Fsp3) is 0.375. The number of nitrogens with zero attached hydrogens (tertiary/aromatic N) is 1.